The molecule has 0 atom stereocenters. The van der Waals surface area contributed by atoms with Crippen LogP contribution in [0.4, 0.5) is 0 Å². The average molecular weight is 489 g/mol. The van der Waals surface area contributed by atoms with Gasteiger partial charge in [-0.05, 0) is 68.0 Å². The molecule has 3 aromatic carbocycles. The first-order valence-electron chi connectivity index (χ1n) is 12.6. The Morgan fingerprint density at radius 3 is 2.17 bits per heavy atom. The molecule has 0 aromatic heterocycles. The first kappa shape index (κ1) is 23.9. The molecule has 2 heterocycles. The van der Waals surface area contributed by atoms with Crippen LogP contribution < -0.4 is 4.74 Å². The van der Waals surface area contributed by atoms with Crippen molar-refractivity contribution in [3.63, 3.8) is 0 Å². The first-order valence-corrected chi connectivity index (χ1v) is 13.0. The van der Waals surface area contributed by atoms with Crippen molar-refractivity contribution >= 4 is 17.5 Å². The highest BCUT2D eigenvalue weighted by Crippen LogP contribution is 2.42. The Bertz CT molecular complexity index is 1130. The summed E-state index contributed by atoms with van der Waals surface area (Å²) in [7, 11) is 0. The average Bonchev–Trinajstić information content (AvgIpc) is 2.91. The third kappa shape index (κ3) is 5.71. The zero-order chi connectivity index (χ0) is 24.1. The molecule has 1 amide bonds. The number of hydrogen-bond donors (Lipinski definition) is 0. The largest absolute Gasteiger partial charge is 0.489 e. The number of likely N-dealkylation sites (tertiary alicyclic amines) is 2. The Morgan fingerprint density at radius 2 is 1.43 bits per heavy atom. The highest BCUT2D eigenvalue weighted by atomic mass is 35.5. The topological polar surface area (TPSA) is 32.8 Å². The van der Waals surface area contributed by atoms with E-state index in [0.717, 1.165) is 51.3 Å². The highest BCUT2D eigenvalue weighted by molar-refractivity contribution is 6.33. The van der Waals surface area contributed by atoms with Gasteiger partial charge in [0.1, 0.15) is 12.4 Å². The van der Waals surface area contributed by atoms with E-state index in [1.54, 1.807) is 6.07 Å². The molecule has 0 saturated carbocycles. The van der Waals surface area contributed by atoms with Gasteiger partial charge in [-0.15, -0.1) is 0 Å². The van der Waals surface area contributed by atoms with Gasteiger partial charge in [0.15, 0.2) is 0 Å². The number of nitrogens with zero attached hydrogens (tertiary/aromatic N) is 2. The Morgan fingerprint density at radius 1 is 0.800 bits per heavy atom. The minimum Gasteiger partial charge on any atom is -0.489 e. The van der Waals surface area contributed by atoms with Crippen LogP contribution in [-0.2, 0) is 13.2 Å². The minimum atomic E-state index is 0.0648. The second-order valence-electron chi connectivity index (χ2n) is 9.93. The summed E-state index contributed by atoms with van der Waals surface area (Å²) < 4.78 is 6.18. The summed E-state index contributed by atoms with van der Waals surface area (Å²) in [5.41, 5.74) is 3.41. The third-order valence-electron chi connectivity index (χ3n) is 7.74. The van der Waals surface area contributed by atoms with Crippen molar-refractivity contribution in [2.45, 2.75) is 38.8 Å². The van der Waals surface area contributed by atoms with E-state index in [-0.39, 0.29) is 5.91 Å². The molecule has 2 fully saturated rings. The molecule has 2 saturated heterocycles. The third-order valence-corrected chi connectivity index (χ3v) is 8.07. The van der Waals surface area contributed by atoms with E-state index in [1.807, 2.05) is 47.4 Å². The second-order valence-corrected chi connectivity index (χ2v) is 10.3. The molecular formula is C30H33ClN2O2. The fourth-order valence-corrected chi connectivity index (χ4v) is 5.64. The van der Waals surface area contributed by atoms with E-state index >= 15 is 0 Å². The molecule has 0 N–H and O–H groups in total. The molecule has 5 rings (SSSR count). The SMILES string of the molecule is O=C(c1ccccc1Cl)N1CCC2(CCN(Cc3ccccc3OCc3ccccc3)CC2)CC1. The number of amides is 1. The maximum absolute atomic E-state index is 12.9. The van der Waals surface area contributed by atoms with Gasteiger partial charge in [-0.3, -0.25) is 9.69 Å². The van der Waals surface area contributed by atoms with Gasteiger partial charge in [-0.1, -0.05) is 72.3 Å². The Hall–Kier alpha value is -2.82. The van der Waals surface area contributed by atoms with Crippen LogP contribution in [0.5, 0.6) is 5.75 Å². The standard InChI is InChI=1S/C30H33ClN2O2/c31-27-12-6-5-11-26(27)29(34)33-20-16-30(17-21-33)14-18-32(19-15-30)22-25-10-4-7-13-28(25)35-23-24-8-2-1-3-9-24/h1-13H,14-23H2. The van der Waals surface area contributed by atoms with Crippen molar-refractivity contribution in [1.29, 1.82) is 0 Å². The van der Waals surface area contributed by atoms with Gasteiger partial charge in [-0.25, -0.2) is 0 Å². The van der Waals surface area contributed by atoms with Crippen molar-refractivity contribution in [3.8, 4) is 5.75 Å². The number of piperidine rings is 2. The number of ether oxygens (including phenoxy) is 1. The fourth-order valence-electron chi connectivity index (χ4n) is 5.43. The maximum atomic E-state index is 12.9. The molecule has 1 spiro atoms. The van der Waals surface area contributed by atoms with Crippen molar-refractivity contribution in [2.75, 3.05) is 26.2 Å². The van der Waals surface area contributed by atoms with E-state index in [4.69, 9.17) is 16.3 Å². The molecule has 5 heteroatoms. The first-order chi connectivity index (χ1) is 17.1. The molecule has 0 radical (unpaired) electrons. The molecule has 0 unspecified atom stereocenters. The zero-order valence-corrected chi connectivity index (χ0v) is 20.9. The number of halogens is 1. The summed E-state index contributed by atoms with van der Waals surface area (Å²) in [4.78, 5) is 17.5. The van der Waals surface area contributed by atoms with Crippen molar-refractivity contribution in [1.82, 2.24) is 9.80 Å². The molecule has 2 aliphatic heterocycles. The van der Waals surface area contributed by atoms with E-state index in [1.165, 1.54) is 24.0 Å². The predicted molar refractivity (Wildman–Crippen MR) is 141 cm³/mol. The molecule has 35 heavy (non-hydrogen) atoms. The van der Waals surface area contributed by atoms with Crippen LogP contribution in [0.15, 0.2) is 78.9 Å². The van der Waals surface area contributed by atoms with Crippen LogP contribution >= 0.6 is 11.6 Å². The quantitative estimate of drug-likeness (QED) is 0.400. The number of para-hydroxylation sites is 1. The van der Waals surface area contributed by atoms with Crippen molar-refractivity contribution in [2.24, 2.45) is 5.41 Å². The lowest BCUT2D eigenvalue weighted by atomic mass is 9.71. The van der Waals surface area contributed by atoms with E-state index in [0.29, 0.717) is 22.6 Å². The van der Waals surface area contributed by atoms with Gasteiger partial charge in [0, 0.05) is 25.2 Å². The predicted octanol–water partition coefficient (Wildman–Crippen LogP) is 6.44. The zero-order valence-electron chi connectivity index (χ0n) is 20.2. The minimum absolute atomic E-state index is 0.0648. The number of benzene rings is 3. The van der Waals surface area contributed by atoms with Crippen LogP contribution in [0.1, 0.15) is 47.2 Å². The molecule has 3 aromatic rings. The maximum Gasteiger partial charge on any atom is 0.255 e. The van der Waals surface area contributed by atoms with Gasteiger partial charge >= 0.3 is 0 Å². The van der Waals surface area contributed by atoms with Crippen LogP contribution in [0.2, 0.25) is 5.02 Å². The highest BCUT2D eigenvalue weighted by Gasteiger charge is 2.38. The van der Waals surface area contributed by atoms with Crippen LogP contribution in [0, 0.1) is 5.41 Å². The Balaban J connectivity index is 1.13. The molecule has 0 bridgehead atoms. The number of hydrogen-bond acceptors (Lipinski definition) is 3. The normalized spacial score (nSPS) is 17.9. The summed E-state index contributed by atoms with van der Waals surface area (Å²) in [5.74, 6) is 1.04. The van der Waals surface area contributed by atoms with Gasteiger partial charge < -0.3 is 9.64 Å². The molecule has 4 nitrogen and oxygen atoms in total. The number of carbonyl (C=O) groups excluding carboxylic acids is 1. The van der Waals surface area contributed by atoms with E-state index < -0.39 is 0 Å². The van der Waals surface area contributed by atoms with Crippen LogP contribution in [0.3, 0.4) is 0 Å². The molecule has 182 valence electrons. The smallest absolute Gasteiger partial charge is 0.255 e. The summed E-state index contributed by atoms with van der Waals surface area (Å²) in [6.07, 6.45) is 4.53. The number of carbonyl (C=O) groups is 1. The van der Waals surface area contributed by atoms with Gasteiger partial charge in [0.25, 0.3) is 5.91 Å². The van der Waals surface area contributed by atoms with Crippen LogP contribution in [-0.4, -0.2) is 41.9 Å². The fraction of sp³-hybridized carbons (Fsp3) is 0.367. The lowest BCUT2D eigenvalue weighted by Crippen LogP contribution is -2.48. The molecule has 2 aliphatic rings. The van der Waals surface area contributed by atoms with Crippen molar-refractivity contribution in [3.05, 3.63) is 101 Å². The lowest BCUT2D eigenvalue weighted by molar-refractivity contribution is 0.0283. The summed E-state index contributed by atoms with van der Waals surface area (Å²) in [6.45, 7) is 5.32. The monoisotopic (exact) mass is 488 g/mol. The van der Waals surface area contributed by atoms with E-state index in [2.05, 4.69) is 35.2 Å². The summed E-state index contributed by atoms with van der Waals surface area (Å²) in [5, 5.41) is 0.541. The summed E-state index contributed by atoms with van der Waals surface area (Å²) >= 11 is 6.26. The van der Waals surface area contributed by atoms with Gasteiger partial charge in [0.2, 0.25) is 0 Å². The van der Waals surface area contributed by atoms with E-state index in [9.17, 15) is 4.79 Å². The van der Waals surface area contributed by atoms with Gasteiger partial charge in [-0.2, -0.15) is 0 Å². The van der Waals surface area contributed by atoms with Gasteiger partial charge in [0.05, 0.1) is 10.6 Å². The Labute approximate surface area is 213 Å². The molecule has 0 aliphatic carbocycles. The van der Waals surface area contributed by atoms with Crippen molar-refractivity contribution < 1.29 is 9.53 Å². The van der Waals surface area contributed by atoms with Crippen LogP contribution in [0.25, 0.3) is 0 Å². The summed E-state index contributed by atoms with van der Waals surface area (Å²) in [6, 6.07) is 26.1. The lowest BCUT2D eigenvalue weighted by Gasteiger charge is -2.47. The Kier molecular flexibility index (Phi) is 7.40. The molecular weight excluding hydrogens is 456 g/mol. The number of rotatable bonds is 6. The second kappa shape index (κ2) is 10.8.